The van der Waals surface area contributed by atoms with Crippen molar-refractivity contribution >= 4 is 17.9 Å². The zero-order chi connectivity index (χ0) is 40.1. The molecule has 0 saturated heterocycles. The zero-order valence-corrected chi connectivity index (χ0v) is 36.2. The quantitative estimate of drug-likeness (QED) is 0.0267. The van der Waals surface area contributed by atoms with Crippen LogP contribution in [0.3, 0.4) is 0 Å². The van der Waals surface area contributed by atoms with Gasteiger partial charge >= 0.3 is 17.9 Å². The molecular weight excluding hydrogens is 685 g/mol. The van der Waals surface area contributed by atoms with E-state index in [2.05, 4.69) is 69.4 Å². The summed E-state index contributed by atoms with van der Waals surface area (Å²) in [6, 6.07) is 0. The minimum absolute atomic E-state index is 0.0810. The van der Waals surface area contributed by atoms with Gasteiger partial charge in [-0.3, -0.25) is 14.4 Å². The van der Waals surface area contributed by atoms with Crippen LogP contribution in [0, 0.1) is 0 Å². The van der Waals surface area contributed by atoms with Gasteiger partial charge in [-0.25, -0.2) is 0 Å². The van der Waals surface area contributed by atoms with Gasteiger partial charge in [0.25, 0.3) is 0 Å². The molecule has 0 heterocycles. The molecule has 0 aromatic heterocycles. The Morgan fingerprint density at radius 3 is 1.07 bits per heavy atom. The van der Waals surface area contributed by atoms with E-state index in [1.165, 1.54) is 96.3 Å². The van der Waals surface area contributed by atoms with Crippen molar-refractivity contribution < 1.29 is 28.6 Å². The first-order valence-electron chi connectivity index (χ1n) is 23.1. The summed E-state index contributed by atoms with van der Waals surface area (Å²) in [4.78, 5) is 37.5. The van der Waals surface area contributed by atoms with Gasteiger partial charge in [-0.05, 0) is 83.5 Å². The average molecular weight is 771 g/mol. The summed E-state index contributed by atoms with van der Waals surface area (Å²) in [5.41, 5.74) is 0. The molecule has 6 nitrogen and oxygen atoms in total. The lowest BCUT2D eigenvalue weighted by atomic mass is 10.1. The molecule has 0 rings (SSSR count). The van der Waals surface area contributed by atoms with Crippen LogP contribution in [0.25, 0.3) is 0 Å². The summed E-state index contributed by atoms with van der Waals surface area (Å²) in [7, 11) is 0. The summed E-state index contributed by atoms with van der Waals surface area (Å²) in [5, 5.41) is 0. The SMILES string of the molecule is CCCCC/C=C\C/C=C\C/C=C\CCCCCCCCC(=O)OCC(COC(=O)CCCCCCCC)OC(=O)CCCCCCC/C=C\CCCCC. The standard InChI is InChI=1S/C49H86O6/c1-4-7-10-13-16-18-20-22-23-24-25-26-27-28-30-31-33-36-39-42-48(51)54-45-46(44-53-47(50)41-38-35-15-12-9-6-3)55-49(52)43-40-37-34-32-29-21-19-17-14-11-8-5-2/h16-19,22-23,25-26,46H,4-15,20-21,24,27-45H2,1-3H3/b18-16-,19-17-,23-22-,26-25-. The van der Waals surface area contributed by atoms with Crippen LogP contribution in [0.5, 0.6) is 0 Å². The van der Waals surface area contributed by atoms with Crippen molar-refractivity contribution in [3.05, 3.63) is 48.6 Å². The number of unbranched alkanes of at least 4 members (excludes halogenated alkanes) is 22. The number of hydrogen-bond donors (Lipinski definition) is 0. The third-order valence-electron chi connectivity index (χ3n) is 9.81. The van der Waals surface area contributed by atoms with Gasteiger partial charge in [0.2, 0.25) is 0 Å². The Bertz CT molecular complexity index is 980. The monoisotopic (exact) mass is 771 g/mol. The largest absolute Gasteiger partial charge is 0.462 e. The van der Waals surface area contributed by atoms with E-state index in [4.69, 9.17) is 14.2 Å². The molecule has 0 bridgehead atoms. The van der Waals surface area contributed by atoms with Crippen molar-refractivity contribution in [3.8, 4) is 0 Å². The minimum Gasteiger partial charge on any atom is -0.462 e. The molecule has 0 amide bonds. The second kappa shape index (κ2) is 44.1. The first kappa shape index (κ1) is 52.4. The maximum atomic E-state index is 12.7. The van der Waals surface area contributed by atoms with E-state index in [1.54, 1.807) is 0 Å². The van der Waals surface area contributed by atoms with E-state index in [0.29, 0.717) is 19.3 Å². The highest BCUT2D eigenvalue weighted by atomic mass is 16.6. The van der Waals surface area contributed by atoms with Crippen LogP contribution in [0.15, 0.2) is 48.6 Å². The highest BCUT2D eigenvalue weighted by Crippen LogP contribution is 2.13. The molecule has 0 aliphatic carbocycles. The van der Waals surface area contributed by atoms with Gasteiger partial charge < -0.3 is 14.2 Å². The molecule has 0 aliphatic heterocycles. The molecule has 0 aliphatic rings. The van der Waals surface area contributed by atoms with Crippen LogP contribution in [-0.2, 0) is 28.6 Å². The van der Waals surface area contributed by atoms with Crippen LogP contribution < -0.4 is 0 Å². The predicted molar refractivity (Wildman–Crippen MR) is 233 cm³/mol. The number of ether oxygens (including phenoxy) is 3. The first-order chi connectivity index (χ1) is 27.0. The van der Waals surface area contributed by atoms with Gasteiger partial charge in [0, 0.05) is 19.3 Å². The van der Waals surface area contributed by atoms with Crippen LogP contribution in [0.2, 0.25) is 0 Å². The Balaban J connectivity index is 4.26. The maximum Gasteiger partial charge on any atom is 0.306 e. The third-order valence-corrected chi connectivity index (χ3v) is 9.81. The molecule has 0 aromatic carbocycles. The summed E-state index contributed by atoms with van der Waals surface area (Å²) < 4.78 is 16.6. The smallest absolute Gasteiger partial charge is 0.306 e. The van der Waals surface area contributed by atoms with Crippen molar-refractivity contribution in [2.24, 2.45) is 0 Å². The molecule has 6 heteroatoms. The fourth-order valence-electron chi connectivity index (χ4n) is 6.27. The van der Waals surface area contributed by atoms with E-state index in [9.17, 15) is 14.4 Å². The van der Waals surface area contributed by atoms with Crippen molar-refractivity contribution in [2.75, 3.05) is 13.2 Å². The first-order valence-corrected chi connectivity index (χ1v) is 23.1. The normalized spacial score (nSPS) is 12.4. The molecule has 0 aromatic rings. The minimum atomic E-state index is -0.776. The molecule has 0 saturated carbocycles. The summed E-state index contributed by atoms with van der Waals surface area (Å²) in [6.07, 6.45) is 51.1. The molecule has 0 radical (unpaired) electrons. The number of esters is 3. The second-order valence-corrected chi connectivity index (χ2v) is 15.3. The van der Waals surface area contributed by atoms with E-state index in [0.717, 1.165) is 89.9 Å². The molecule has 1 atom stereocenters. The topological polar surface area (TPSA) is 78.9 Å². The average Bonchev–Trinajstić information content (AvgIpc) is 3.18. The van der Waals surface area contributed by atoms with Gasteiger partial charge in [-0.1, -0.05) is 172 Å². The Hall–Kier alpha value is -2.63. The van der Waals surface area contributed by atoms with E-state index in [1.807, 2.05) is 0 Å². The summed E-state index contributed by atoms with van der Waals surface area (Å²) in [6.45, 7) is 6.50. The molecular formula is C49H86O6. The van der Waals surface area contributed by atoms with Gasteiger partial charge in [0.15, 0.2) is 6.10 Å². The third kappa shape index (κ3) is 42.4. The van der Waals surface area contributed by atoms with Crippen LogP contribution in [0.1, 0.15) is 226 Å². The Morgan fingerprint density at radius 2 is 0.655 bits per heavy atom. The number of carbonyl (C=O) groups is 3. The van der Waals surface area contributed by atoms with Crippen molar-refractivity contribution in [2.45, 2.75) is 232 Å². The second-order valence-electron chi connectivity index (χ2n) is 15.3. The molecule has 0 fully saturated rings. The van der Waals surface area contributed by atoms with E-state index >= 15 is 0 Å². The zero-order valence-electron chi connectivity index (χ0n) is 36.2. The summed E-state index contributed by atoms with van der Waals surface area (Å²) >= 11 is 0. The number of rotatable bonds is 41. The van der Waals surface area contributed by atoms with Crippen LogP contribution >= 0.6 is 0 Å². The van der Waals surface area contributed by atoms with Crippen molar-refractivity contribution in [1.82, 2.24) is 0 Å². The maximum absolute atomic E-state index is 12.7. The number of allylic oxidation sites excluding steroid dienone is 8. The fraction of sp³-hybridized carbons (Fsp3) is 0.776. The highest BCUT2D eigenvalue weighted by molar-refractivity contribution is 5.71. The van der Waals surface area contributed by atoms with Crippen LogP contribution in [0.4, 0.5) is 0 Å². The molecule has 0 spiro atoms. The Kier molecular flexibility index (Phi) is 42.0. The Labute approximate surface area is 339 Å². The van der Waals surface area contributed by atoms with Gasteiger partial charge in [0.1, 0.15) is 13.2 Å². The summed E-state index contributed by atoms with van der Waals surface area (Å²) in [5.74, 6) is -0.914. The fourth-order valence-corrected chi connectivity index (χ4v) is 6.27. The Morgan fingerprint density at radius 1 is 0.364 bits per heavy atom. The van der Waals surface area contributed by atoms with Crippen LogP contribution in [-0.4, -0.2) is 37.2 Å². The predicted octanol–water partition coefficient (Wildman–Crippen LogP) is 14.8. The molecule has 55 heavy (non-hydrogen) atoms. The number of carbonyl (C=O) groups excluding carboxylic acids is 3. The van der Waals surface area contributed by atoms with E-state index in [-0.39, 0.29) is 31.1 Å². The van der Waals surface area contributed by atoms with Gasteiger partial charge in [0.05, 0.1) is 0 Å². The van der Waals surface area contributed by atoms with E-state index < -0.39 is 6.10 Å². The van der Waals surface area contributed by atoms with Gasteiger partial charge in [-0.15, -0.1) is 0 Å². The lowest BCUT2D eigenvalue weighted by Gasteiger charge is -2.18. The van der Waals surface area contributed by atoms with Crippen molar-refractivity contribution in [1.29, 1.82) is 0 Å². The molecule has 0 N–H and O–H groups in total. The molecule has 1 unspecified atom stereocenters. The van der Waals surface area contributed by atoms with Crippen molar-refractivity contribution in [3.63, 3.8) is 0 Å². The highest BCUT2D eigenvalue weighted by Gasteiger charge is 2.19. The lowest BCUT2D eigenvalue weighted by molar-refractivity contribution is -0.167. The molecule has 318 valence electrons. The van der Waals surface area contributed by atoms with Gasteiger partial charge in [-0.2, -0.15) is 0 Å². The lowest BCUT2D eigenvalue weighted by Crippen LogP contribution is -2.30. The number of hydrogen-bond acceptors (Lipinski definition) is 6.